The van der Waals surface area contributed by atoms with E-state index in [1.165, 1.54) is 12.1 Å². The molecule has 1 fully saturated rings. The summed E-state index contributed by atoms with van der Waals surface area (Å²) < 4.78 is 40.9. The molecule has 7 nitrogen and oxygen atoms in total. The van der Waals surface area contributed by atoms with Crippen molar-refractivity contribution >= 4 is 15.9 Å². The number of carbonyl (C=O) groups excluding carboxylic acids is 1. The lowest BCUT2D eigenvalue weighted by molar-refractivity contribution is -0.133. The van der Waals surface area contributed by atoms with Crippen LogP contribution in [0.1, 0.15) is 80.1 Å². The van der Waals surface area contributed by atoms with Gasteiger partial charge in [-0.3, -0.25) is 4.79 Å². The summed E-state index contributed by atoms with van der Waals surface area (Å²) in [6.07, 6.45) is 4.93. The van der Waals surface area contributed by atoms with Crippen molar-refractivity contribution in [1.29, 1.82) is 5.26 Å². The number of benzene rings is 1. The Hall–Kier alpha value is -2.02. The van der Waals surface area contributed by atoms with Gasteiger partial charge < -0.3 is 10.2 Å². The molecule has 1 atom stereocenters. The SMILES string of the molecule is C#N.CC.CCCN(C(=O)CNC1(CCC)CC(NS(=O)(=O)c2ccc(F)cc2)C1)[C@H](C)CC. The van der Waals surface area contributed by atoms with Gasteiger partial charge in [0.25, 0.3) is 0 Å². The predicted octanol–water partition coefficient (Wildman–Crippen LogP) is 4.60. The van der Waals surface area contributed by atoms with Crippen LogP contribution < -0.4 is 10.0 Å². The minimum Gasteiger partial charge on any atom is -0.339 e. The molecule has 1 aromatic rings. The summed E-state index contributed by atoms with van der Waals surface area (Å²) in [4.78, 5) is 14.8. The number of sulfonamides is 1. The highest BCUT2D eigenvalue weighted by molar-refractivity contribution is 7.89. The smallest absolute Gasteiger partial charge is 0.240 e. The minimum atomic E-state index is -3.69. The van der Waals surface area contributed by atoms with Crippen LogP contribution in [0.25, 0.3) is 0 Å². The number of carbonyl (C=O) groups is 1. The summed E-state index contributed by atoms with van der Waals surface area (Å²) in [7, 11) is -3.69. The Morgan fingerprint density at radius 1 is 1.18 bits per heavy atom. The predicted molar refractivity (Wildman–Crippen MR) is 135 cm³/mol. The summed E-state index contributed by atoms with van der Waals surface area (Å²) in [5.74, 6) is -0.375. The van der Waals surface area contributed by atoms with E-state index in [2.05, 4.69) is 44.3 Å². The van der Waals surface area contributed by atoms with Crippen molar-refractivity contribution in [3.63, 3.8) is 0 Å². The van der Waals surface area contributed by atoms with E-state index in [0.717, 1.165) is 44.4 Å². The number of amides is 1. The monoisotopic (exact) mass is 498 g/mol. The van der Waals surface area contributed by atoms with Gasteiger partial charge in [-0.25, -0.2) is 22.8 Å². The third-order valence-electron chi connectivity index (χ3n) is 5.97. The summed E-state index contributed by atoms with van der Waals surface area (Å²) >= 11 is 0. The van der Waals surface area contributed by atoms with Crippen LogP contribution in [0.2, 0.25) is 0 Å². The van der Waals surface area contributed by atoms with Gasteiger partial charge in [-0.2, -0.15) is 0 Å². The van der Waals surface area contributed by atoms with Crippen LogP contribution in [0.15, 0.2) is 29.2 Å². The maximum absolute atomic E-state index is 13.1. The average molecular weight is 499 g/mol. The van der Waals surface area contributed by atoms with Crippen molar-refractivity contribution in [3.05, 3.63) is 30.1 Å². The zero-order chi connectivity index (χ0) is 26.4. The topological polar surface area (TPSA) is 102 Å². The Balaban J connectivity index is 0.00000258. The zero-order valence-electron chi connectivity index (χ0n) is 21.6. The summed E-state index contributed by atoms with van der Waals surface area (Å²) in [5.41, 5.74) is -0.228. The molecule has 0 heterocycles. The maximum Gasteiger partial charge on any atom is 0.240 e. The van der Waals surface area contributed by atoms with E-state index in [4.69, 9.17) is 5.26 Å². The van der Waals surface area contributed by atoms with Gasteiger partial charge in [-0.15, -0.1) is 0 Å². The van der Waals surface area contributed by atoms with E-state index in [1.807, 2.05) is 18.7 Å². The third kappa shape index (κ3) is 9.32. The fraction of sp³-hybridized carbons (Fsp3) is 0.680. The standard InChI is InChI=1S/C22H36FN3O3S.C2H6.CHN/c1-5-12-22(24-16-21(27)26(13-6-2)17(4)7-3)14-19(15-22)25-30(28,29)20-10-8-18(23)9-11-20;2*1-2/h8-11,17,19,24-25H,5-7,12-16H2,1-4H3;1-2H3;1H/t17-,19?,22?;;/m1../s1. The molecule has 194 valence electrons. The number of hydrogen-bond acceptors (Lipinski definition) is 5. The number of rotatable bonds is 12. The second-order valence-electron chi connectivity index (χ2n) is 8.41. The molecule has 1 aliphatic rings. The van der Waals surface area contributed by atoms with Gasteiger partial charge >= 0.3 is 0 Å². The van der Waals surface area contributed by atoms with Gasteiger partial charge in [-0.05, 0) is 63.3 Å². The zero-order valence-corrected chi connectivity index (χ0v) is 22.4. The molecular weight excluding hydrogens is 455 g/mol. The molecule has 0 saturated heterocycles. The lowest BCUT2D eigenvalue weighted by Crippen LogP contribution is -2.63. The molecule has 9 heteroatoms. The van der Waals surface area contributed by atoms with Crippen molar-refractivity contribution in [2.45, 2.75) is 103 Å². The van der Waals surface area contributed by atoms with Crippen LogP contribution in [0.4, 0.5) is 4.39 Å². The van der Waals surface area contributed by atoms with Gasteiger partial charge in [0.15, 0.2) is 0 Å². The van der Waals surface area contributed by atoms with E-state index in [-0.39, 0.29) is 35.0 Å². The van der Waals surface area contributed by atoms with Crippen molar-refractivity contribution in [3.8, 4) is 6.57 Å². The molecule has 0 aliphatic heterocycles. The van der Waals surface area contributed by atoms with Crippen LogP contribution in [-0.4, -0.2) is 49.9 Å². The first kappa shape index (κ1) is 32.0. The van der Waals surface area contributed by atoms with Crippen LogP contribution in [0.5, 0.6) is 0 Å². The second kappa shape index (κ2) is 15.8. The Morgan fingerprint density at radius 3 is 2.21 bits per heavy atom. The number of nitrogens with one attached hydrogen (secondary N) is 2. The quantitative estimate of drug-likeness (QED) is 0.439. The van der Waals surface area contributed by atoms with Gasteiger partial charge in [0.2, 0.25) is 15.9 Å². The molecule has 1 amide bonds. The van der Waals surface area contributed by atoms with Gasteiger partial charge in [0, 0.05) is 30.7 Å². The van der Waals surface area contributed by atoms with Crippen LogP contribution in [-0.2, 0) is 14.8 Å². The Labute approximate surface area is 206 Å². The number of hydrogen-bond donors (Lipinski definition) is 2. The van der Waals surface area contributed by atoms with Gasteiger partial charge in [0.1, 0.15) is 5.82 Å². The van der Waals surface area contributed by atoms with Crippen molar-refractivity contribution in [1.82, 2.24) is 14.9 Å². The molecule has 0 unspecified atom stereocenters. The molecule has 0 bridgehead atoms. The highest BCUT2D eigenvalue weighted by atomic mass is 32.2. The van der Waals surface area contributed by atoms with E-state index < -0.39 is 15.8 Å². The van der Waals surface area contributed by atoms with Crippen molar-refractivity contribution < 1.29 is 17.6 Å². The Kier molecular flexibility index (Phi) is 14.9. The molecule has 0 spiro atoms. The maximum atomic E-state index is 13.1. The molecule has 34 heavy (non-hydrogen) atoms. The highest BCUT2D eigenvalue weighted by Crippen LogP contribution is 2.37. The lowest BCUT2D eigenvalue weighted by Gasteiger charge is -2.49. The average Bonchev–Trinajstić information content (AvgIpc) is 2.82. The Morgan fingerprint density at radius 2 is 1.74 bits per heavy atom. The lowest BCUT2D eigenvalue weighted by atomic mass is 9.70. The largest absolute Gasteiger partial charge is 0.339 e. The Bertz CT molecular complexity index is 837. The van der Waals surface area contributed by atoms with Gasteiger partial charge in [-0.1, -0.05) is 41.0 Å². The number of nitriles is 1. The third-order valence-corrected chi connectivity index (χ3v) is 7.51. The van der Waals surface area contributed by atoms with E-state index in [9.17, 15) is 17.6 Å². The molecule has 1 saturated carbocycles. The van der Waals surface area contributed by atoms with E-state index in [1.54, 1.807) is 0 Å². The number of nitrogens with zero attached hydrogens (tertiary/aromatic N) is 2. The van der Waals surface area contributed by atoms with E-state index in [0.29, 0.717) is 12.8 Å². The first-order valence-electron chi connectivity index (χ1n) is 12.2. The molecule has 1 aliphatic carbocycles. The summed E-state index contributed by atoms with van der Waals surface area (Å²) in [6, 6.07) is 4.83. The normalized spacial score (nSPS) is 20.0. The molecule has 0 aromatic heterocycles. The fourth-order valence-electron chi connectivity index (χ4n) is 4.20. The first-order valence-corrected chi connectivity index (χ1v) is 13.7. The molecule has 2 N–H and O–H groups in total. The summed E-state index contributed by atoms with van der Waals surface area (Å²) in [5, 5.41) is 9.94. The van der Waals surface area contributed by atoms with Gasteiger partial charge in [0.05, 0.1) is 11.4 Å². The molecular formula is C25H43FN4O3S. The van der Waals surface area contributed by atoms with Crippen LogP contribution >= 0.6 is 0 Å². The van der Waals surface area contributed by atoms with Crippen molar-refractivity contribution in [2.75, 3.05) is 13.1 Å². The van der Waals surface area contributed by atoms with Crippen molar-refractivity contribution in [2.24, 2.45) is 0 Å². The first-order chi connectivity index (χ1) is 16.2. The molecule has 1 aromatic carbocycles. The second-order valence-corrected chi connectivity index (χ2v) is 10.1. The fourth-order valence-corrected chi connectivity index (χ4v) is 5.44. The number of halogens is 1. The van der Waals surface area contributed by atoms with Crippen LogP contribution in [0, 0.1) is 17.7 Å². The minimum absolute atomic E-state index is 0.0591. The molecule has 2 rings (SSSR count). The molecule has 0 radical (unpaired) electrons. The van der Waals surface area contributed by atoms with Crippen LogP contribution in [0.3, 0.4) is 0 Å². The van der Waals surface area contributed by atoms with E-state index >= 15 is 0 Å². The highest BCUT2D eigenvalue weighted by Gasteiger charge is 2.45. The summed E-state index contributed by atoms with van der Waals surface area (Å²) in [6.45, 7) is 16.8.